The van der Waals surface area contributed by atoms with Gasteiger partial charge in [-0.2, -0.15) is 0 Å². The molecule has 0 aromatic heterocycles. The first kappa shape index (κ1) is 19.0. The molecule has 5 nitrogen and oxygen atoms in total. The van der Waals surface area contributed by atoms with E-state index in [0.29, 0.717) is 6.42 Å². The molecular formula is C18H27IN4O. The lowest BCUT2D eigenvalue weighted by Gasteiger charge is -2.16. The predicted octanol–water partition coefficient (Wildman–Crippen LogP) is 2.50. The highest BCUT2D eigenvalue weighted by molar-refractivity contribution is 14.0. The molecule has 1 amide bonds. The van der Waals surface area contributed by atoms with Gasteiger partial charge in [-0.05, 0) is 36.3 Å². The van der Waals surface area contributed by atoms with E-state index in [-0.39, 0.29) is 29.9 Å². The van der Waals surface area contributed by atoms with Crippen LogP contribution in [-0.4, -0.2) is 36.9 Å². The molecule has 1 aliphatic heterocycles. The Hall–Kier alpha value is -1.31. The van der Waals surface area contributed by atoms with Crippen molar-refractivity contribution in [1.29, 1.82) is 0 Å². The molecule has 2 N–H and O–H groups in total. The maximum Gasteiger partial charge on any atom is 0.223 e. The highest BCUT2D eigenvalue weighted by Crippen LogP contribution is 2.27. The van der Waals surface area contributed by atoms with Crippen LogP contribution in [0, 0.1) is 5.92 Å². The number of rotatable bonds is 6. The van der Waals surface area contributed by atoms with E-state index in [0.717, 1.165) is 44.5 Å². The number of nitrogens with one attached hydrogen (secondary N) is 2. The van der Waals surface area contributed by atoms with Crippen molar-refractivity contribution >= 4 is 35.8 Å². The Balaban J connectivity index is 0.00000208. The molecule has 1 aromatic carbocycles. The topological polar surface area (TPSA) is 56.7 Å². The van der Waals surface area contributed by atoms with Gasteiger partial charge in [0.15, 0.2) is 5.96 Å². The summed E-state index contributed by atoms with van der Waals surface area (Å²) >= 11 is 0. The lowest BCUT2D eigenvalue weighted by molar-refractivity contribution is -0.131. The van der Waals surface area contributed by atoms with Crippen molar-refractivity contribution in [3.8, 4) is 0 Å². The number of fused-ring (bicyclic) bond motifs is 1. The average molecular weight is 442 g/mol. The fourth-order valence-corrected chi connectivity index (χ4v) is 2.90. The van der Waals surface area contributed by atoms with Gasteiger partial charge < -0.3 is 15.5 Å². The van der Waals surface area contributed by atoms with Crippen molar-refractivity contribution in [3.05, 3.63) is 35.4 Å². The summed E-state index contributed by atoms with van der Waals surface area (Å²) in [5.74, 6) is 1.91. The summed E-state index contributed by atoms with van der Waals surface area (Å²) in [5, 5.41) is 6.61. The molecule has 1 saturated carbocycles. The third kappa shape index (κ3) is 5.36. The first-order chi connectivity index (χ1) is 11.3. The van der Waals surface area contributed by atoms with Crippen molar-refractivity contribution < 1.29 is 4.79 Å². The lowest BCUT2D eigenvalue weighted by Crippen LogP contribution is -2.39. The zero-order valence-electron chi connectivity index (χ0n) is 14.3. The predicted molar refractivity (Wildman–Crippen MR) is 107 cm³/mol. The monoisotopic (exact) mass is 442 g/mol. The van der Waals surface area contributed by atoms with Gasteiger partial charge in [0.1, 0.15) is 0 Å². The van der Waals surface area contributed by atoms with E-state index >= 15 is 0 Å². The molecule has 1 aromatic rings. The number of benzene rings is 1. The van der Waals surface area contributed by atoms with Crippen LogP contribution in [0.3, 0.4) is 0 Å². The lowest BCUT2D eigenvalue weighted by atomic mass is 10.1. The molecule has 2 aliphatic rings. The van der Waals surface area contributed by atoms with Gasteiger partial charge in [0.25, 0.3) is 0 Å². The van der Waals surface area contributed by atoms with Crippen molar-refractivity contribution in [2.24, 2.45) is 10.9 Å². The summed E-state index contributed by atoms with van der Waals surface area (Å²) in [6.45, 7) is 3.29. The first-order valence-corrected chi connectivity index (χ1v) is 8.55. The summed E-state index contributed by atoms with van der Waals surface area (Å²) in [7, 11) is 1.79. The second-order valence-corrected chi connectivity index (χ2v) is 6.45. The number of nitrogens with zero attached hydrogens (tertiary/aromatic N) is 2. The zero-order chi connectivity index (χ0) is 16.1. The Morgan fingerprint density at radius 3 is 2.46 bits per heavy atom. The Labute approximate surface area is 161 Å². The number of carbonyl (C=O) groups excluding carboxylic acids is 1. The summed E-state index contributed by atoms with van der Waals surface area (Å²) in [5.41, 5.74) is 2.56. The Morgan fingerprint density at radius 1 is 1.21 bits per heavy atom. The Morgan fingerprint density at radius 2 is 1.88 bits per heavy atom. The van der Waals surface area contributed by atoms with Crippen LogP contribution in [0.4, 0.5) is 0 Å². The van der Waals surface area contributed by atoms with Crippen molar-refractivity contribution in [1.82, 2.24) is 15.5 Å². The molecule has 6 heteroatoms. The van der Waals surface area contributed by atoms with E-state index in [1.54, 1.807) is 7.05 Å². The van der Waals surface area contributed by atoms with Crippen LogP contribution in [0.1, 0.15) is 36.8 Å². The molecule has 0 radical (unpaired) electrons. The van der Waals surface area contributed by atoms with E-state index in [2.05, 4.69) is 27.8 Å². The standard InChI is InChI=1S/C18H26N4O.HI/c1-19-18(21-11-14-8-9-14)20-10-4-7-17(23)22-12-15-5-2-3-6-16(15)13-22;/h2-3,5-6,14H,4,7-13H2,1H3,(H2,19,20,21);1H. The zero-order valence-corrected chi connectivity index (χ0v) is 16.6. The van der Waals surface area contributed by atoms with Gasteiger partial charge in [0.2, 0.25) is 5.91 Å². The number of aliphatic imine (C=N–C) groups is 1. The normalized spacial score (nSPS) is 16.4. The summed E-state index contributed by atoms with van der Waals surface area (Å²) in [4.78, 5) is 18.5. The fourth-order valence-electron chi connectivity index (χ4n) is 2.90. The summed E-state index contributed by atoms with van der Waals surface area (Å²) in [6, 6.07) is 8.30. The molecule has 24 heavy (non-hydrogen) atoms. The van der Waals surface area contributed by atoms with Crippen molar-refractivity contribution in [3.63, 3.8) is 0 Å². The van der Waals surface area contributed by atoms with E-state index in [1.807, 2.05) is 17.0 Å². The van der Waals surface area contributed by atoms with Crippen LogP contribution in [0.2, 0.25) is 0 Å². The largest absolute Gasteiger partial charge is 0.356 e. The van der Waals surface area contributed by atoms with E-state index in [4.69, 9.17) is 0 Å². The second-order valence-electron chi connectivity index (χ2n) is 6.45. The minimum absolute atomic E-state index is 0. The van der Waals surface area contributed by atoms with Crippen molar-refractivity contribution in [2.75, 3.05) is 20.1 Å². The Kier molecular flexibility index (Phi) is 7.33. The van der Waals surface area contributed by atoms with Gasteiger partial charge in [-0.1, -0.05) is 24.3 Å². The highest BCUT2D eigenvalue weighted by atomic mass is 127. The van der Waals surface area contributed by atoms with Crippen LogP contribution >= 0.6 is 24.0 Å². The molecule has 3 rings (SSSR count). The smallest absolute Gasteiger partial charge is 0.223 e. The molecule has 1 fully saturated rings. The van der Waals surface area contributed by atoms with Crippen LogP contribution in [0.25, 0.3) is 0 Å². The molecule has 132 valence electrons. The van der Waals surface area contributed by atoms with Gasteiger partial charge in [-0.25, -0.2) is 0 Å². The minimum Gasteiger partial charge on any atom is -0.356 e. The van der Waals surface area contributed by atoms with Gasteiger partial charge in [0, 0.05) is 39.6 Å². The average Bonchev–Trinajstić information content (AvgIpc) is 3.30. The second kappa shape index (κ2) is 9.25. The maximum absolute atomic E-state index is 12.3. The van der Waals surface area contributed by atoms with E-state index in [9.17, 15) is 4.79 Å². The van der Waals surface area contributed by atoms with Crippen LogP contribution in [-0.2, 0) is 17.9 Å². The fraction of sp³-hybridized carbons (Fsp3) is 0.556. The number of carbonyl (C=O) groups is 1. The number of hydrogen-bond acceptors (Lipinski definition) is 2. The molecule has 0 spiro atoms. The van der Waals surface area contributed by atoms with Gasteiger partial charge in [-0.3, -0.25) is 9.79 Å². The number of halogens is 1. The number of amides is 1. The molecule has 1 aliphatic carbocycles. The van der Waals surface area contributed by atoms with E-state index < -0.39 is 0 Å². The molecule has 0 bridgehead atoms. The number of guanidine groups is 1. The van der Waals surface area contributed by atoms with Crippen molar-refractivity contribution in [2.45, 2.75) is 38.8 Å². The van der Waals surface area contributed by atoms with Gasteiger partial charge in [0.05, 0.1) is 0 Å². The maximum atomic E-state index is 12.3. The van der Waals surface area contributed by atoms with E-state index in [1.165, 1.54) is 24.0 Å². The van der Waals surface area contributed by atoms with Crippen LogP contribution in [0.15, 0.2) is 29.3 Å². The Bertz CT molecular complexity index is 561. The third-order valence-electron chi connectivity index (χ3n) is 4.53. The first-order valence-electron chi connectivity index (χ1n) is 8.55. The number of hydrogen-bond donors (Lipinski definition) is 2. The molecule has 0 saturated heterocycles. The molecule has 0 unspecified atom stereocenters. The summed E-state index contributed by atoms with van der Waals surface area (Å²) in [6.07, 6.45) is 4.07. The summed E-state index contributed by atoms with van der Waals surface area (Å²) < 4.78 is 0. The molecular weight excluding hydrogens is 415 g/mol. The van der Waals surface area contributed by atoms with Gasteiger partial charge in [-0.15, -0.1) is 24.0 Å². The third-order valence-corrected chi connectivity index (χ3v) is 4.53. The minimum atomic E-state index is 0. The van der Waals surface area contributed by atoms with Crippen LogP contribution < -0.4 is 10.6 Å². The SMILES string of the molecule is CN=C(NCCCC(=O)N1Cc2ccccc2C1)NCC1CC1.I. The quantitative estimate of drug-likeness (QED) is 0.308. The van der Waals surface area contributed by atoms with Gasteiger partial charge >= 0.3 is 0 Å². The van der Waals surface area contributed by atoms with Crippen LogP contribution in [0.5, 0.6) is 0 Å². The molecule has 0 atom stereocenters. The highest BCUT2D eigenvalue weighted by Gasteiger charge is 2.22. The molecule has 1 heterocycles.